The average molecular weight is 342 g/mol. The Morgan fingerprint density at radius 1 is 1.00 bits per heavy atom. The molecule has 0 aliphatic carbocycles. The first-order valence-electron chi connectivity index (χ1n) is 7.82. The Labute approximate surface area is 147 Å². The lowest BCUT2D eigenvalue weighted by Crippen LogP contribution is -2.19. The molecule has 2 rings (SSSR count). The van der Waals surface area contributed by atoms with Gasteiger partial charge in [-0.05, 0) is 36.8 Å². The SMILES string of the molecule is CNC(=O)Cc1ccc(NC(=O)c2cc(OC)c(C)c(OC)c2)cc1. The Kier molecular flexibility index (Phi) is 6.00. The number of nitrogens with one attached hydrogen (secondary N) is 2. The summed E-state index contributed by atoms with van der Waals surface area (Å²) in [5, 5.41) is 5.40. The highest BCUT2D eigenvalue weighted by molar-refractivity contribution is 6.05. The monoisotopic (exact) mass is 342 g/mol. The predicted molar refractivity (Wildman–Crippen MR) is 96.4 cm³/mol. The number of rotatable bonds is 6. The van der Waals surface area contributed by atoms with E-state index in [0.29, 0.717) is 29.2 Å². The van der Waals surface area contributed by atoms with E-state index in [-0.39, 0.29) is 11.8 Å². The summed E-state index contributed by atoms with van der Waals surface area (Å²) in [6.45, 7) is 1.87. The predicted octanol–water partition coefficient (Wildman–Crippen LogP) is 2.55. The second-order valence-electron chi connectivity index (χ2n) is 5.51. The summed E-state index contributed by atoms with van der Waals surface area (Å²) in [5.74, 6) is 0.849. The molecule has 132 valence electrons. The van der Waals surface area contributed by atoms with Gasteiger partial charge >= 0.3 is 0 Å². The van der Waals surface area contributed by atoms with Crippen LogP contribution in [0.1, 0.15) is 21.5 Å². The Morgan fingerprint density at radius 2 is 1.56 bits per heavy atom. The van der Waals surface area contributed by atoms with E-state index < -0.39 is 0 Å². The van der Waals surface area contributed by atoms with Crippen molar-refractivity contribution < 1.29 is 19.1 Å². The Morgan fingerprint density at radius 3 is 2.04 bits per heavy atom. The quantitative estimate of drug-likeness (QED) is 0.846. The van der Waals surface area contributed by atoms with Gasteiger partial charge in [-0.25, -0.2) is 0 Å². The molecule has 0 aliphatic rings. The molecule has 2 amide bonds. The van der Waals surface area contributed by atoms with Gasteiger partial charge in [0.25, 0.3) is 5.91 Å². The first-order valence-corrected chi connectivity index (χ1v) is 7.82. The molecule has 0 aromatic heterocycles. The molecule has 0 fully saturated rings. The van der Waals surface area contributed by atoms with Gasteiger partial charge in [-0.3, -0.25) is 9.59 Å². The van der Waals surface area contributed by atoms with Crippen LogP contribution in [0, 0.1) is 6.92 Å². The smallest absolute Gasteiger partial charge is 0.255 e. The lowest BCUT2D eigenvalue weighted by atomic mass is 10.1. The minimum atomic E-state index is -0.268. The standard InChI is InChI=1S/C19H22N2O4/c1-12-16(24-3)10-14(11-17(12)25-4)19(23)21-15-7-5-13(6-8-15)9-18(22)20-2/h5-8,10-11H,9H2,1-4H3,(H,20,22)(H,21,23). The number of benzene rings is 2. The molecule has 0 heterocycles. The molecule has 6 heteroatoms. The molecule has 6 nitrogen and oxygen atoms in total. The Hall–Kier alpha value is -3.02. The molecule has 0 radical (unpaired) electrons. The van der Waals surface area contributed by atoms with E-state index in [1.165, 1.54) is 0 Å². The average Bonchev–Trinajstić information content (AvgIpc) is 2.63. The van der Waals surface area contributed by atoms with Crippen molar-refractivity contribution in [3.05, 3.63) is 53.1 Å². The van der Waals surface area contributed by atoms with Crippen molar-refractivity contribution in [3.8, 4) is 11.5 Å². The maximum atomic E-state index is 12.5. The Balaban J connectivity index is 2.15. The molecule has 0 bridgehead atoms. The molecule has 0 saturated heterocycles. The summed E-state index contributed by atoms with van der Waals surface area (Å²) in [7, 11) is 4.70. The van der Waals surface area contributed by atoms with Crippen LogP contribution in [0.25, 0.3) is 0 Å². The number of likely N-dealkylation sites (N-methyl/N-ethyl adjacent to an activating group) is 1. The largest absolute Gasteiger partial charge is 0.496 e. The first kappa shape index (κ1) is 18.3. The number of anilines is 1. The fourth-order valence-corrected chi connectivity index (χ4v) is 2.40. The fraction of sp³-hybridized carbons (Fsp3) is 0.263. The molecule has 0 spiro atoms. The zero-order chi connectivity index (χ0) is 18.4. The summed E-state index contributed by atoms with van der Waals surface area (Å²) < 4.78 is 10.6. The molecule has 0 unspecified atom stereocenters. The van der Waals surface area contributed by atoms with Crippen LogP contribution in [0.2, 0.25) is 0 Å². The van der Waals surface area contributed by atoms with Gasteiger partial charge in [0.2, 0.25) is 5.91 Å². The maximum absolute atomic E-state index is 12.5. The number of ether oxygens (including phenoxy) is 2. The van der Waals surface area contributed by atoms with Gasteiger partial charge in [0.1, 0.15) is 11.5 Å². The van der Waals surface area contributed by atoms with Gasteiger partial charge in [-0.2, -0.15) is 0 Å². The van der Waals surface area contributed by atoms with Crippen molar-refractivity contribution in [2.24, 2.45) is 0 Å². The van der Waals surface area contributed by atoms with Crippen molar-refractivity contribution in [1.29, 1.82) is 0 Å². The topological polar surface area (TPSA) is 76.7 Å². The van der Waals surface area contributed by atoms with Crippen LogP contribution in [0.15, 0.2) is 36.4 Å². The number of hydrogen-bond donors (Lipinski definition) is 2. The third-order valence-corrected chi connectivity index (χ3v) is 3.87. The Bertz CT molecular complexity index is 744. The molecule has 2 aromatic carbocycles. The van der Waals surface area contributed by atoms with E-state index in [2.05, 4.69) is 10.6 Å². The normalized spacial score (nSPS) is 10.1. The van der Waals surface area contributed by atoms with Crippen LogP contribution >= 0.6 is 0 Å². The van der Waals surface area contributed by atoms with Gasteiger partial charge in [-0.15, -0.1) is 0 Å². The fourth-order valence-electron chi connectivity index (χ4n) is 2.40. The van der Waals surface area contributed by atoms with E-state index in [1.54, 1.807) is 57.7 Å². The number of carbonyl (C=O) groups excluding carboxylic acids is 2. The van der Waals surface area contributed by atoms with E-state index >= 15 is 0 Å². The van der Waals surface area contributed by atoms with Crippen LogP contribution in [0.3, 0.4) is 0 Å². The van der Waals surface area contributed by atoms with Crippen molar-refractivity contribution in [2.45, 2.75) is 13.3 Å². The summed E-state index contributed by atoms with van der Waals surface area (Å²) in [5.41, 5.74) is 2.79. The van der Waals surface area contributed by atoms with Gasteiger partial charge in [0.15, 0.2) is 0 Å². The third-order valence-electron chi connectivity index (χ3n) is 3.87. The van der Waals surface area contributed by atoms with Crippen LogP contribution in [0.5, 0.6) is 11.5 Å². The van der Waals surface area contributed by atoms with Crippen LogP contribution < -0.4 is 20.1 Å². The van der Waals surface area contributed by atoms with Crippen LogP contribution in [0.4, 0.5) is 5.69 Å². The second-order valence-corrected chi connectivity index (χ2v) is 5.51. The zero-order valence-corrected chi connectivity index (χ0v) is 14.8. The summed E-state index contributed by atoms with van der Waals surface area (Å²) in [6.07, 6.45) is 0.303. The molecule has 2 aromatic rings. The van der Waals surface area contributed by atoms with Crippen LogP contribution in [-0.2, 0) is 11.2 Å². The minimum Gasteiger partial charge on any atom is -0.496 e. The van der Waals surface area contributed by atoms with Crippen molar-refractivity contribution in [1.82, 2.24) is 5.32 Å². The molecule has 2 N–H and O–H groups in total. The molecule has 0 aliphatic heterocycles. The van der Waals surface area contributed by atoms with Crippen LogP contribution in [-0.4, -0.2) is 33.1 Å². The maximum Gasteiger partial charge on any atom is 0.255 e. The number of hydrogen-bond acceptors (Lipinski definition) is 4. The van der Waals surface area contributed by atoms with Gasteiger partial charge < -0.3 is 20.1 Å². The van der Waals surface area contributed by atoms with E-state index in [1.807, 2.05) is 6.92 Å². The highest BCUT2D eigenvalue weighted by Gasteiger charge is 2.14. The van der Waals surface area contributed by atoms with Crippen molar-refractivity contribution >= 4 is 17.5 Å². The van der Waals surface area contributed by atoms with Gasteiger partial charge in [0.05, 0.1) is 20.6 Å². The highest BCUT2D eigenvalue weighted by Crippen LogP contribution is 2.29. The first-order chi connectivity index (χ1) is 12.0. The lowest BCUT2D eigenvalue weighted by molar-refractivity contribution is -0.119. The molecule has 25 heavy (non-hydrogen) atoms. The zero-order valence-electron chi connectivity index (χ0n) is 14.8. The second kappa shape index (κ2) is 8.19. The van der Waals surface area contributed by atoms with E-state index in [9.17, 15) is 9.59 Å². The highest BCUT2D eigenvalue weighted by atomic mass is 16.5. The van der Waals surface area contributed by atoms with Gasteiger partial charge in [0, 0.05) is 23.9 Å². The summed E-state index contributed by atoms with van der Waals surface area (Å²) >= 11 is 0. The number of methoxy groups -OCH3 is 2. The number of amides is 2. The minimum absolute atomic E-state index is 0.0596. The summed E-state index contributed by atoms with van der Waals surface area (Å²) in [4.78, 5) is 23.9. The third kappa shape index (κ3) is 4.50. The molecule has 0 saturated carbocycles. The molecule has 0 atom stereocenters. The molecular formula is C19H22N2O4. The number of carbonyl (C=O) groups is 2. The summed E-state index contributed by atoms with van der Waals surface area (Å²) in [6, 6.07) is 10.5. The molecular weight excluding hydrogens is 320 g/mol. The van der Waals surface area contributed by atoms with Gasteiger partial charge in [-0.1, -0.05) is 12.1 Å². The van der Waals surface area contributed by atoms with E-state index in [4.69, 9.17) is 9.47 Å². The van der Waals surface area contributed by atoms with Crippen molar-refractivity contribution in [3.63, 3.8) is 0 Å². The van der Waals surface area contributed by atoms with Crippen molar-refractivity contribution in [2.75, 3.05) is 26.6 Å². The van der Waals surface area contributed by atoms with E-state index in [0.717, 1.165) is 11.1 Å². The lowest BCUT2D eigenvalue weighted by Gasteiger charge is -2.13.